The summed E-state index contributed by atoms with van der Waals surface area (Å²) in [6.07, 6.45) is 1.39. The first-order chi connectivity index (χ1) is 8.90. The minimum Gasteiger partial charge on any atom is -0.485 e. The number of rotatable bonds is 1. The molecule has 0 N–H and O–H groups in total. The maximum Gasteiger partial charge on any atom is 0.234 e. The zero-order valence-electron chi connectivity index (χ0n) is 9.18. The molecule has 0 bridgehead atoms. The van der Waals surface area contributed by atoms with Crippen LogP contribution in [0.2, 0.25) is 0 Å². The maximum atomic E-state index is 5.88. The second kappa shape index (κ2) is 3.67. The molecule has 4 rings (SSSR count). The van der Waals surface area contributed by atoms with Gasteiger partial charge >= 0.3 is 0 Å². The van der Waals surface area contributed by atoms with Crippen LogP contribution in [0.4, 0.5) is 0 Å². The average molecular weight is 260 g/mol. The van der Waals surface area contributed by atoms with Crippen LogP contribution in [-0.4, -0.2) is 26.4 Å². The van der Waals surface area contributed by atoms with Crippen molar-refractivity contribution in [3.05, 3.63) is 35.6 Å². The number of hydrogen-bond acceptors (Lipinski definition) is 6. The van der Waals surface area contributed by atoms with E-state index in [0.29, 0.717) is 6.61 Å². The Morgan fingerprint density at radius 3 is 3.06 bits per heavy atom. The lowest BCUT2D eigenvalue weighted by atomic mass is 10.3. The van der Waals surface area contributed by atoms with Gasteiger partial charge in [-0.15, -0.1) is 10.2 Å². The number of nitrogens with zero attached hydrogens (tertiary/aromatic N) is 4. The van der Waals surface area contributed by atoms with Gasteiger partial charge in [-0.05, 0) is 12.1 Å². The van der Waals surface area contributed by atoms with E-state index >= 15 is 0 Å². The number of aromatic nitrogens is 4. The summed E-state index contributed by atoms with van der Waals surface area (Å²) in [5.74, 6) is 1.52. The highest BCUT2D eigenvalue weighted by molar-refractivity contribution is 7.16. The molecule has 0 fully saturated rings. The van der Waals surface area contributed by atoms with Gasteiger partial charge in [-0.3, -0.25) is 0 Å². The lowest BCUT2D eigenvalue weighted by Crippen LogP contribution is -2.21. The predicted molar refractivity (Wildman–Crippen MR) is 64.0 cm³/mol. The molecule has 0 radical (unpaired) electrons. The minimum atomic E-state index is -0.188. The Labute approximate surface area is 106 Å². The van der Waals surface area contributed by atoms with Crippen molar-refractivity contribution >= 4 is 16.3 Å². The van der Waals surface area contributed by atoms with E-state index in [1.807, 2.05) is 24.3 Å². The van der Waals surface area contributed by atoms with Gasteiger partial charge in [0.15, 0.2) is 22.6 Å². The summed E-state index contributed by atoms with van der Waals surface area (Å²) in [6, 6.07) is 7.63. The highest BCUT2D eigenvalue weighted by Crippen LogP contribution is 2.36. The maximum absolute atomic E-state index is 5.88. The van der Waals surface area contributed by atoms with Crippen molar-refractivity contribution < 1.29 is 9.47 Å². The molecule has 3 heterocycles. The Balaban J connectivity index is 1.69. The second-order valence-electron chi connectivity index (χ2n) is 3.86. The Hall–Kier alpha value is -2.15. The van der Waals surface area contributed by atoms with Gasteiger partial charge in [-0.1, -0.05) is 23.5 Å². The molecule has 0 saturated heterocycles. The molecule has 0 spiro atoms. The Bertz CT molecular complexity index is 679. The molecule has 18 heavy (non-hydrogen) atoms. The molecule has 1 atom stereocenters. The van der Waals surface area contributed by atoms with Crippen LogP contribution >= 0.6 is 11.3 Å². The number of fused-ring (bicyclic) bond motifs is 2. The van der Waals surface area contributed by atoms with Crippen molar-refractivity contribution in [2.24, 2.45) is 0 Å². The summed E-state index contributed by atoms with van der Waals surface area (Å²) in [6.45, 7) is 0.459. The Morgan fingerprint density at radius 1 is 1.28 bits per heavy atom. The third-order valence-electron chi connectivity index (χ3n) is 2.69. The first kappa shape index (κ1) is 9.84. The van der Waals surface area contributed by atoms with Gasteiger partial charge in [0.25, 0.3) is 0 Å². The van der Waals surface area contributed by atoms with Crippen LogP contribution in [0.5, 0.6) is 11.5 Å². The van der Waals surface area contributed by atoms with Gasteiger partial charge in [0.05, 0.1) is 0 Å². The average Bonchev–Trinajstić information content (AvgIpc) is 2.99. The van der Waals surface area contributed by atoms with Gasteiger partial charge in [0, 0.05) is 0 Å². The zero-order chi connectivity index (χ0) is 11.9. The molecule has 2 aromatic heterocycles. The minimum absolute atomic E-state index is 0.188. The van der Waals surface area contributed by atoms with E-state index in [0.717, 1.165) is 21.5 Å². The largest absolute Gasteiger partial charge is 0.485 e. The second-order valence-corrected chi connectivity index (χ2v) is 4.85. The fraction of sp³-hybridized carbons (Fsp3) is 0.182. The number of para-hydroxylation sites is 2. The molecular formula is C11H8N4O2S. The van der Waals surface area contributed by atoms with E-state index in [1.165, 1.54) is 11.3 Å². The van der Waals surface area contributed by atoms with Crippen molar-refractivity contribution in [1.29, 1.82) is 0 Å². The molecule has 90 valence electrons. The molecule has 1 aliphatic heterocycles. The van der Waals surface area contributed by atoms with Crippen molar-refractivity contribution in [3.8, 4) is 11.5 Å². The van der Waals surface area contributed by atoms with Crippen molar-refractivity contribution in [2.45, 2.75) is 6.10 Å². The van der Waals surface area contributed by atoms with Gasteiger partial charge < -0.3 is 9.47 Å². The molecule has 0 amide bonds. The van der Waals surface area contributed by atoms with Crippen LogP contribution in [-0.2, 0) is 0 Å². The molecule has 0 unspecified atom stereocenters. The predicted octanol–water partition coefficient (Wildman–Crippen LogP) is 1.70. The van der Waals surface area contributed by atoms with E-state index < -0.39 is 0 Å². The van der Waals surface area contributed by atoms with Gasteiger partial charge in [0.1, 0.15) is 12.9 Å². The number of hydrogen-bond donors (Lipinski definition) is 0. The van der Waals surface area contributed by atoms with Crippen LogP contribution in [0.3, 0.4) is 0 Å². The third kappa shape index (κ3) is 1.44. The van der Waals surface area contributed by atoms with Crippen molar-refractivity contribution in [1.82, 2.24) is 19.8 Å². The highest BCUT2D eigenvalue weighted by Gasteiger charge is 2.25. The summed E-state index contributed by atoms with van der Waals surface area (Å²) >= 11 is 1.46. The van der Waals surface area contributed by atoms with Crippen LogP contribution in [0.1, 0.15) is 11.1 Å². The molecule has 0 saturated carbocycles. The molecule has 6 nitrogen and oxygen atoms in total. The van der Waals surface area contributed by atoms with E-state index in [-0.39, 0.29) is 6.10 Å². The molecule has 3 aromatic rings. The van der Waals surface area contributed by atoms with Crippen LogP contribution in [0.15, 0.2) is 30.6 Å². The van der Waals surface area contributed by atoms with Crippen LogP contribution < -0.4 is 9.47 Å². The molecule has 1 aliphatic rings. The van der Waals surface area contributed by atoms with Crippen LogP contribution in [0, 0.1) is 0 Å². The summed E-state index contributed by atoms with van der Waals surface area (Å²) in [7, 11) is 0. The fourth-order valence-electron chi connectivity index (χ4n) is 1.85. The molecular weight excluding hydrogens is 252 g/mol. The standard InChI is InChI=1S/C11H8N4O2S/c1-2-4-8-7(3-1)16-5-9(17-8)10-14-15-6-12-13-11(15)18-10/h1-4,6,9H,5H2/t9-/m1/s1. The van der Waals surface area contributed by atoms with Crippen molar-refractivity contribution in [2.75, 3.05) is 6.61 Å². The van der Waals surface area contributed by atoms with E-state index in [2.05, 4.69) is 15.3 Å². The lowest BCUT2D eigenvalue weighted by molar-refractivity contribution is 0.0904. The zero-order valence-corrected chi connectivity index (χ0v) is 10.0. The SMILES string of the molecule is c1ccc2c(c1)OC[C@H](c1nn3cnnc3s1)O2. The first-order valence-corrected chi connectivity index (χ1v) is 6.27. The summed E-state index contributed by atoms with van der Waals surface area (Å²) in [4.78, 5) is 0.757. The van der Waals surface area contributed by atoms with Gasteiger partial charge in [-0.25, -0.2) is 0 Å². The fourth-order valence-corrected chi connectivity index (χ4v) is 2.68. The smallest absolute Gasteiger partial charge is 0.234 e. The normalized spacial score (nSPS) is 18.1. The third-order valence-corrected chi connectivity index (χ3v) is 3.69. The number of benzene rings is 1. The molecule has 1 aromatic carbocycles. The van der Waals surface area contributed by atoms with Gasteiger partial charge in [-0.2, -0.15) is 9.61 Å². The summed E-state index contributed by atoms with van der Waals surface area (Å²) < 4.78 is 13.2. The quantitative estimate of drug-likeness (QED) is 0.666. The monoisotopic (exact) mass is 260 g/mol. The van der Waals surface area contributed by atoms with E-state index in [4.69, 9.17) is 9.47 Å². The Kier molecular flexibility index (Phi) is 2.01. The van der Waals surface area contributed by atoms with E-state index in [1.54, 1.807) is 10.8 Å². The number of ether oxygens (including phenoxy) is 2. The van der Waals surface area contributed by atoms with Crippen molar-refractivity contribution in [3.63, 3.8) is 0 Å². The Morgan fingerprint density at radius 2 is 2.17 bits per heavy atom. The van der Waals surface area contributed by atoms with E-state index in [9.17, 15) is 0 Å². The summed E-state index contributed by atoms with van der Waals surface area (Å²) in [5.41, 5.74) is 0. The molecule has 0 aliphatic carbocycles. The summed E-state index contributed by atoms with van der Waals surface area (Å²) in [5, 5.41) is 12.9. The first-order valence-electron chi connectivity index (χ1n) is 5.45. The lowest BCUT2D eigenvalue weighted by Gasteiger charge is -2.24. The van der Waals surface area contributed by atoms with Gasteiger partial charge in [0.2, 0.25) is 4.96 Å². The topological polar surface area (TPSA) is 61.5 Å². The molecule has 7 heteroatoms. The van der Waals surface area contributed by atoms with Crippen LogP contribution in [0.25, 0.3) is 4.96 Å². The highest BCUT2D eigenvalue weighted by atomic mass is 32.1.